The van der Waals surface area contributed by atoms with E-state index in [-0.39, 0.29) is 24.4 Å². The zero-order valence-electron chi connectivity index (χ0n) is 23.6. The van der Waals surface area contributed by atoms with Crippen LogP contribution >= 0.6 is 0 Å². The van der Waals surface area contributed by atoms with E-state index in [2.05, 4.69) is 67.6 Å². The SMILES string of the molecule is CCc1ccc2[nH]c(=O)c(C(c3nnnn3C3CCCCC3)N3CCN(Cc4ccc5c(c4)OCO5)CC3)cc2c1. The fourth-order valence-corrected chi connectivity index (χ4v) is 6.64. The van der Waals surface area contributed by atoms with Gasteiger partial charge in [-0.3, -0.25) is 14.6 Å². The van der Waals surface area contributed by atoms with E-state index in [1.807, 2.05) is 16.8 Å². The molecular weight excluding hydrogens is 518 g/mol. The molecule has 0 spiro atoms. The van der Waals surface area contributed by atoms with Crippen LogP contribution in [0.4, 0.5) is 0 Å². The van der Waals surface area contributed by atoms with Gasteiger partial charge in [0.15, 0.2) is 17.3 Å². The molecule has 4 aromatic rings. The quantitative estimate of drug-likeness (QED) is 0.362. The van der Waals surface area contributed by atoms with Crippen molar-refractivity contribution in [3.63, 3.8) is 0 Å². The number of pyridine rings is 1. The van der Waals surface area contributed by atoms with Crippen molar-refractivity contribution in [2.45, 2.75) is 64.1 Å². The highest BCUT2D eigenvalue weighted by Gasteiger charge is 2.34. The first-order valence-electron chi connectivity index (χ1n) is 14.9. The Bertz CT molecular complexity index is 1580. The van der Waals surface area contributed by atoms with Gasteiger partial charge in [0, 0.05) is 43.8 Å². The van der Waals surface area contributed by atoms with Crippen LogP contribution in [0.5, 0.6) is 11.5 Å². The van der Waals surface area contributed by atoms with Crippen molar-refractivity contribution >= 4 is 10.9 Å². The number of aromatic amines is 1. The number of aromatic nitrogens is 5. The summed E-state index contributed by atoms with van der Waals surface area (Å²) < 4.78 is 13.1. The van der Waals surface area contributed by atoms with E-state index in [0.717, 1.165) is 80.2 Å². The van der Waals surface area contributed by atoms with Gasteiger partial charge in [0.05, 0.1) is 6.04 Å². The molecule has 3 aliphatic rings. The molecule has 214 valence electrons. The lowest BCUT2D eigenvalue weighted by molar-refractivity contribution is 0.0982. The molecule has 1 saturated carbocycles. The zero-order valence-corrected chi connectivity index (χ0v) is 23.6. The lowest BCUT2D eigenvalue weighted by Crippen LogP contribution is -2.48. The lowest BCUT2D eigenvalue weighted by atomic mass is 9.95. The smallest absolute Gasteiger partial charge is 0.253 e. The van der Waals surface area contributed by atoms with Gasteiger partial charge in [-0.1, -0.05) is 38.3 Å². The second-order valence-corrected chi connectivity index (χ2v) is 11.5. The van der Waals surface area contributed by atoms with Gasteiger partial charge in [0.1, 0.15) is 6.04 Å². The summed E-state index contributed by atoms with van der Waals surface area (Å²) in [6.07, 6.45) is 6.71. The van der Waals surface area contributed by atoms with Crippen LogP contribution in [-0.2, 0) is 13.0 Å². The summed E-state index contributed by atoms with van der Waals surface area (Å²) in [5.74, 6) is 2.40. The van der Waals surface area contributed by atoms with Crippen molar-refractivity contribution < 1.29 is 9.47 Å². The van der Waals surface area contributed by atoms with Gasteiger partial charge in [0.2, 0.25) is 6.79 Å². The first-order chi connectivity index (χ1) is 20.2. The van der Waals surface area contributed by atoms with Gasteiger partial charge in [-0.15, -0.1) is 5.10 Å². The number of hydrogen-bond donors (Lipinski definition) is 1. The summed E-state index contributed by atoms with van der Waals surface area (Å²) >= 11 is 0. The second kappa shape index (κ2) is 11.3. The third kappa shape index (κ3) is 5.22. The summed E-state index contributed by atoms with van der Waals surface area (Å²) in [4.78, 5) is 21.7. The number of hydrogen-bond acceptors (Lipinski definition) is 8. The first-order valence-corrected chi connectivity index (χ1v) is 14.9. The Balaban J connectivity index is 1.20. The van der Waals surface area contributed by atoms with Gasteiger partial charge in [-0.2, -0.15) is 0 Å². The fraction of sp³-hybridized carbons (Fsp3) is 0.484. The molecule has 2 aromatic carbocycles. The van der Waals surface area contributed by atoms with Crippen LogP contribution in [0.2, 0.25) is 0 Å². The number of tetrazole rings is 1. The standard InChI is InChI=1S/C31H37N7O3/c1-2-21-8-10-26-23(16-21)18-25(31(39)32-26)29(30-33-34-35-38(30)24-6-4-3-5-7-24)37-14-12-36(13-15-37)19-22-9-11-27-28(17-22)41-20-40-27/h8-11,16-18,24,29H,2-7,12-15,19-20H2,1H3,(H,32,39). The number of nitrogens with zero attached hydrogens (tertiary/aromatic N) is 6. The number of rotatable bonds is 7. The highest BCUT2D eigenvalue weighted by molar-refractivity contribution is 5.80. The predicted molar refractivity (Wildman–Crippen MR) is 155 cm³/mol. The molecule has 0 amide bonds. The molecule has 10 nitrogen and oxygen atoms in total. The molecule has 0 bridgehead atoms. The minimum atomic E-state index is -0.321. The van der Waals surface area contributed by atoms with E-state index in [0.29, 0.717) is 5.56 Å². The van der Waals surface area contributed by atoms with Gasteiger partial charge >= 0.3 is 0 Å². The summed E-state index contributed by atoms with van der Waals surface area (Å²) in [6.45, 7) is 6.64. The van der Waals surface area contributed by atoms with Crippen molar-refractivity contribution in [2.75, 3.05) is 33.0 Å². The highest BCUT2D eigenvalue weighted by atomic mass is 16.7. The van der Waals surface area contributed by atoms with Crippen molar-refractivity contribution in [1.29, 1.82) is 0 Å². The molecule has 2 aromatic heterocycles. The molecule has 1 saturated heterocycles. The number of fused-ring (bicyclic) bond motifs is 2. The van der Waals surface area contributed by atoms with Crippen molar-refractivity contribution in [3.05, 3.63) is 75.3 Å². The molecule has 2 fully saturated rings. The highest BCUT2D eigenvalue weighted by Crippen LogP contribution is 2.35. The molecule has 4 heterocycles. The number of piperazine rings is 1. The molecule has 10 heteroatoms. The monoisotopic (exact) mass is 555 g/mol. The molecule has 1 unspecified atom stereocenters. The van der Waals surface area contributed by atoms with Gasteiger partial charge in [-0.05, 0) is 76.5 Å². The largest absolute Gasteiger partial charge is 0.454 e. The minimum Gasteiger partial charge on any atom is -0.454 e. The molecule has 1 atom stereocenters. The second-order valence-electron chi connectivity index (χ2n) is 11.5. The lowest BCUT2D eigenvalue weighted by Gasteiger charge is -2.39. The summed E-state index contributed by atoms with van der Waals surface area (Å²) in [5.41, 5.74) is 3.94. The number of aryl methyl sites for hydroxylation is 1. The Morgan fingerprint density at radius 3 is 2.59 bits per heavy atom. The van der Waals surface area contributed by atoms with E-state index >= 15 is 0 Å². The number of ether oxygens (including phenoxy) is 2. The fourth-order valence-electron chi connectivity index (χ4n) is 6.64. The summed E-state index contributed by atoms with van der Waals surface area (Å²) in [7, 11) is 0. The van der Waals surface area contributed by atoms with Gasteiger partial charge in [-0.25, -0.2) is 4.68 Å². The maximum atomic E-state index is 13.7. The van der Waals surface area contributed by atoms with Crippen molar-refractivity contribution in [1.82, 2.24) is 35.0 Å². The van der Waals surface area contributed by atoms with E-state index < -0.39 is 0 Å². The Kier molecular flexibility index (Phi) is 7.18. The van der Waals surface area contributed by atoms with Crippen molar-refractivity contribution in [3.8, 4) is 11.5 Å². The Morgan fingerprint density at radius 1 is 0.951 bits per heavy atom. The van der Waals surface area contributed by atoms with Crippen LogP contribution in [0.3, 0.4) is 0 Å². The van der Waals surface area contributed by atoms with Crippen LogP contribution in [-0.4, -0.2) is 68.0 Å². The van der Waals surface area contributed by atoms with Crippen molar-refractivity contribution in [2.24, 2.45) is 0 Å². The maximum Gasteiger partial charge on any atom is 0.253 e. The van der Waals surface area contributed by atoms with Crippen LogP contribution in [0.15, 0.2) is 47.3 Å². The molecular formula is C31H37N7O3. The average Bonchev–Trinajstić information content (AvgIpc) is 3.68. The predicted octanol–water partition coefficient (Wildman–Crippen LogP) is 4.22. The normalized spacial score (nSPS) is 19.1. The molecule has 1 N–H and O–H groups in total. The molecule has 7 rings (SSSR count). The van der Waals surface area contributed by atoms with Crippen LogP contribution in [0.25, 0.3) is 10.9 Å². The minimum absolute atomic E-state index is 0.0762. The third-order valence-corrected chi connectivity index (χ3v) is 8.94. The molecule has 1 aliphatic carbocycles. The molecule has 41 heavy (non-hydrogen) atoms. The Morgan fingerprint density at radius 2 is 1.76 bits per heavy atom. The van der Waals surface area contributed by atoms with E-state index in [9.17, 15) is 4.79 Å². The Hall–Kier alpha value is -3.76. The molecule has 2 aliphatic heterocycles. The Labute approximate surface area is 239 Å². The summed E-state index contributed by atoms with van der Waals surface area (Å²) in [6, 6.07) is 14.5. The van der Waals surface area contributed by atoms with E-state index in [4.69, 9.17) is 9.47 Å². The topological polar surface area (TPSA) is 101 Å². The van der Waals surface area contributed by atoms with E-state index in [1.165, 1.54) is 30.4 Å². The third-order valence-electron chi connectivity index (χ3n) is 8.94. The molecule has 0 radical (unpaired) electrons. The summed E-state index contributed by atoms with van der Waals surface area (Å²) in [5, 5.41) is 14.3. The van der Waals surface area contributed by atoms with E-state index in [1.54, 1.807) is 0 Å². The number of nitrogens with one attached hydrogen (secondary N) is 1. The van der Waals surface area contributed by atoms with Crippen LogP contribution in [0.1, 0.15) is 73.6 Å². The number of benzene rings is 2. The van der Waals surface area contributed by atoms with Crippen LogP contribution in [0, 0.1) is 0 Å². The number of H-pyrrole nitrogens is 1. The maximum absolute atomic E-state index is 13.7. The first kappa shape index (κ1) is 26.2. The zero-order chi connectivity index (χ0) is 27.8. The van der Waals surface area contributed by atoms with Gasteiger partial charge in [0.25, 0.3) is 5.56 Å². The van der Waals surface area contributed by atoms with Crippen LogP contribution < -0.4 is 15.0 Å². The average molecular weight is 556 g/mol. The van der Waals surface area contributed by atoms with Gasteiger partial charge < -0.3 is 14.5 Å².